The van der Waals surface area contributed by atoms with Gasteiger partial charge < -0.3 is 10.0 Å². The summed E-state index contributed by atoms with van der Waals surface area (Å²) >= 11 is 0. The van der Waals surface area contributed by atoms with Crippen molar-refractivity contribution in [2.45, 2.75) is 17.7 Å². The van der Waals surface area contributed by atoms with E-state index in [-0.39, 0.29) is 23.3 Å². The van der Waals surface area contributed by atoms with Crippen LogP contribution in [0.25, 0.3) is 0 Å². The molecule has 0 unspecified atom stereocenters. The number of aliphatic hydroxyl groups is 1. The van der Waals surface area contributed by atoms with Crippen molar-refractivity contribution < 1.29 is 18.3 Å². The van der Waals surface area contributed by atoms with Gasteiger partial charge in [-0.05, 0) is 37.0 Å². The van der Waals surface area contributed by atoms with Crippen LogP contribution in [0.4, 0.5) is 0 Å². The van der Waals surface area contributed by atoms with Crippen molar-refractivity contribution in [1.82, 2.24) is 4.90 Å². The molecule has 110 valence electrons. The average Bonchev–Trinajstić information content (AvgIpc) is 2.46. The number of rotatable bonds is 3. The molecule has 0 saturated carbocycles. The number of amides is 1. The van der Waals surface area contributed by atoms with E-state index in [0.717, 1.165) is 19.1 Å². The number of carbonyl (C=O) groups excluding carboxylic acids is 1. The Kier molecular flexibility index (Phi) is 4.45. The molecule has 0 aromatic heterocycles. The van der Waals surface area contributed by atoms with Crippen molar-refractivity contribution in [3.05, 3.63) is 29.8 Å². The summed E-state index contributed by atoms with van der Waals surface area (Å²) in [7, 11) is -3.31. The van der Waals surface area contributed by atoms with Crippen LogP contribution < -0.4 is 0 Å². The Morgan fingerprint density at radius 3 is 2.55 bits per heavy atom. The Bertz CT molecular complexity index is 589. The minimum atomic E-state index is -3.31. The van der Waals surface area contributed by atoms with Crippen molar-refractivity contribution >= 4 is 15.7 Å². The van der Waals surface area contributed by atoms with Crippen LogP contribution in [-0.4, -0.2) is 50.3 Å². The molecule has 0 spiro atoms. The lowest BCUT2D eigenvalue weighted by Crippen LogP contribution is -2.39. The zero-order chi connectivity index (χ0) is 14.8. The number of carbonyl (C=O) groups is 1. The van der Waals surface area contributed by atoms with Crippen molar-refractivity contribution in [1.29, 1.82) is 0 Å². The van der Waals surface area contributed by atoms with Gasteiger partial charge in [0.25, 0.3) is 5.91 Å². The summed E-state index contributed by atoms with van der Waals surface area (Å²) in [5.74, 6) is 0.119. The Morgan fingerprint density at radius 2 is 2.00 bits per heavy atom. The van der Waals surface area contributed by atoms with Crippen LogP contribution in [0.2, 0.25) is 0 Å². The molecule has 5 nitrogen and oxygen atoms in total. The van der Waals surface area contributed by atoms with E-state index >= 15 is 0 Å². The number of aliphatic hydroxyl groups excluding tert-OH is 1. The number of piperidine rings is 1. The van der Waals surface area contributed by atoms with Crippen LogP contribution in [0.15, 0.2) is 29.2 Å². The predicted molar refractivity (Wildman–Crippen MR) is 75.3 cm³/mol. The molecule has 1 aromatic rings. The maximum absolute atomic E-state index is 12.3. The topological polar surface area (TPSA) is 74.7 Å². The van der Waals surface area contributed by atoms with Crippen molar-refractivity contribution in [2.24, 2.45) is 5.92 Å². The predicted octanol–water partition coefficient (Wildman–Crippen LogP) is 0.935. The van der Waals surface area contributed by atoms with E-state index in [4.69, 9.17) is 5.11 Å². The molecule has 0 bridgehead atoms. The molecule has 1 fully saturated rings. The van der Waals surface area contributed by atoms with Crippen LogP contribution in [0.5, 0.6) is 0 Å². The molecule has 1 aliphatic rings. The van der Waals surface area contributed by atoms with Crippen LogP contribution in [-0.2, 0) is 9.84 Å². The highest BCUT2D eigenvalue weighted by molar-refractivity contribution is 7.90. The molecule has 1 heterocycles. The number of benzene rings is 1. The Hall–Kier alpha value is -1.40. The molecule has 6 heteroatoms. The first-order valence-corrected chi connectivity index (χ1v) is 8.51. The fourth-order valence-electron chi connectivity index (χ4n) is 2.36. The molecule has 1 aromatic carbocycles. The van der Waals surface area contributed by atoms with E-state index in [1.54, 1.807) is 17.0 Å². The molecule has 0 aliphatic carbocycles. The molecule has 1 aliphatic heterocycles. The van der Waals surface area contributed by atoms with Gasteiger partial charge in [-0.25, -0.2) is 8.42 Å². The zero-order valence-electron chi connectivity index (χ0n) is 11.4. The fraction of sp³-hybridized carbons (Fsp3) is 0.500. The third-order valence-corrected chi connectivity index (χ3v) is 4.78. The van der Waals surface area contributed by atoms with Crippen molar-refractivity contribution in [3.8, 4) is 0 Å². The first-order chi connectivity index (χ1) is 9.41. The van der Waals surface area contributed by atoms with Gasteiger partial charge in [0.05, 0.1) is 4.90 Å². The van der Waals surface area contributed by atoms with Crippen LogP contribution in [0.1, 0.15) is 23.2 Å². The van der Waals surface area contributed by atoms with Crippen LogP contribution >= 0.6 is 0 Å². The molecule has 2 rings (SSSR count). The number of sulfone groups is 1. The lowest BCUT2D eigenvalue weighted by molar-refractivity contribution is 0.0650. The molecular weight excluding hydrogens is 278 g/mol. The Morgan fingerprint density at radius 1 is 1.35 bits per heavy atom. The summed E-state index contributed by atoms with van der Waals surface area (Å²) < 4.78 is 23.0. The summed E-state index contributed by atoms with van der Waals surface area (Å²) in [6, 6.07) is 6.14. The number of hydrogen-bond acceptors (Lipinski definition) is 4. The monoisotopic (exact) mass is 297 g/mol. The second-order valence-electron chi connectivity index (χ2n) is 5.22. The lowest BCUT2D eigenvalue weighted by atomic mass is 9.97. The van der Waals surface area contributed by atoms with E-state index in [2.05, 4.69) is 0 Å². The van der Waals surface area contributed by atoms with E-state index in [9.17, 15) is 13.2 Å². The molecular formula is C14H19NO4S. The lowest BCUT2D eigenvalue weighted by Gasteiger charge is -2.31. The van der Waals surface area contributed by atoms with Gasteiger partial charge in [-0.15, -0.1) is 0 Å². The number of likely N-dealkylation sites (tertiary alicyclic amines) is 1. The van der Waals surface area contributed by atoms with Gasteiger partial charge in [-0.3, -0.25) is 4.79 Å². The standard InChI is InChI=1S/C14H19NO4S/c1-20(18,19)13-4-2-3-12(9-13)14(17)15-7-5-11(10-16)6-8-15/h2-4,9,11,16H,5-8,10H2,1H3. The first-order valence-electron chi connectivity index (χ1n) is 6.62. The smallest absolute Gasteiger partial charge is 0.253 e. The Balaban J connectivity index is 2.14. The second-order valence-corrected chi connectivity index (χ2v) is 7.23. The number of nitrogens with zero attached hydrogens (tertiary/aromatic N) is 1. The summed E-state index contributed by atoms with van der Waals surface area (Å²) in [5.41, 5.74) is 0.398. The van der Waals surface area contributed by atoms with Gasteiger partial charge >= 0.3 is 0 Å². The third-order valence-electron chi connectivity index (χ3n) is 3.67. The SMILES string of the molecule is CS(=O)(=O)c1cccc(C(=O)N2CCC(CO)CC2)c1. The summed E-state index contributed by atoms with van der Waals surface area (Å²) in [6.45, 7) is 1.37. The third kappa shape index (κ3) is 3.37. The van der Waals surface area contributed by atoms with E-state index < -0.39 is 9.84 Å². The van der Waals surface area contributed by atoms with E-state index in [0.29, 0.717) is 18.7 Å². The molecule has 1 amide bonds. The van der Waals surface area contributed by atoms with Gasteiger partial charge in [0.1, 0.15) is 0 Å². The minimum Gasteiger partial charge on any atom is -0.396 e. The zero-order valence-corrected chi connectivity index (χ0v) is 12.3. The van der Waals surface area contributed by atoms with Gasteiger partial charge in [-0.2, -0.15) is 0 Å². The van der Waals surface area contributed by atoms with Crippen LogP contribution in [0, 0.1) is 5.92 Å². The normalized spacial score (nSPS) is 17.2. The van der Waals surface area contributed by atoms with Gasteiger partial charge in [0.2, 0.25) is 0 Å². The first kappa shape index (κ1) is 15.0. The highest BCUT2D eigenvalue weighted by Crippen LogP contribution is 2.19. The van der Waals surface area contributed by atoms with E-state index in [1.165, 1.54) is 12.1 Å². The molecule has 0 atom stereocenters. The quantitative estimate of drug-likeness (QED) is 0.901. The summed E-state index contributed by atoms with van der Waals surface area (Å²) in [4.78, 5) is 14.2. The highest BCUT2D eigenvalue weighted by Gasteiger charge is 2.23. The maximum atomic E-state index is 12.3. The average molecular weight is 297 g/mol. The minimum absolute atomic E-state index is 0.146. The molecule has 1 N–H and O–H groups in total. The molecule has 1 saturated heterocycles. The van der Waals surface area contributed by atoms with Crippen LogP contribution in [0.3, 0.4) is 0 Å². The summed E-state index contributed by atoms with van der Waals surface area (Å²) in [5, 5.41) is 9.09. The van der Waals surface area contributed by atoms with Crippen molar-refractivity contribution in [2.75, 3.05) is 26.0 Å². The second kappa shape index (κ2) is 5.93. The van der Waals surface area contributed by atoms with Gasteiger partial charge in [0, 0.05) is 31.5 Å². The van der Waals surface area contributed by atoms with Gasteiger partial charge in [0.15, 0.2) is 9.84 Å². The van der Waals surface area contributed by atoms with E-state index in [1.807, 2.05) is 0 Å². The largest absolute Gasteiger partial charge is 0.396 e. The fourth-order valence-corrected chi connectivity index (χ4v) is 3.03. The molecule has 20 heavy (non-hydrogen) atoms. The maximum Gasteiger partial charge on any atom is 0.253 e. The number of hydrogen-bond donors (Lipinski definition) is 1. The Labute approximate surface area is 119 Å². The van der Waals surface area contributed by atoms with Gasteiger partial charge in [-0.1, -0.05) is 6.07 Å². The summed E-state index contributed by atoms with van der Waals surface area (Å²) in [6.07, 6.45) is 2.70. The molecule has 0 radical (unpaired) electrons. The van der Waals surface area contributed by atoms with Crippen molar-refractivity contribution in [3.63, 3.8) is 0 Å². The highest BCUT2D eigenvalue weighted by atomic mass is 32.2.